The van der Waals surface area contributed by atoms with E-state index in [9.17, 15) is 9.18 Å². The molecule has 5 heteroatoms. The lowest BCUT2D eigenvalue weighted by Crippen LogP contribution is -2.00. The van der Waals surface area contributed by atoms with Crippen LogP contribution in [0.4, 0.5) is 4.39 Å². The van der Waals surface area contributed by atoms with E-state index in [1.807, 2.05) is 0 Å². The Labute approximate surface area is 126 Å². The molecule has 108 valence electrons. The van der Waals surface area contributed by atoms with Crippen LogP contribution in [0.25, 0.3) is 6.08 Å². The zero-order valence-corrected chi connectivity index (χ0v) is 11.7. The van der Waals surface area contributed by atoms with Gasteiger partial charge in [-0.15, -0.1) is 0 Å². The number of halogens is 2. The van der Waals surface area contributed by atoms with Crippen LogP contribution in [-0.4, -0.2) is 11.1 Å². The van der Waals surface area contributed by atoms with Crippen LogP contribution in [-0.2, 0) is 11.4 Å². The Morgan fingerprint density at radius 1 is 1.24 bits per heavy atom. The topological polar surface area (TPSA) is 46.5 Å². The molecule has 0 aromatic heterocycles. The van der Waals surface area contributed by atoms with E-state index in [-0.39, 0.29) is 17.4 Å². The number of carboxylic acid groups (broad SMARTS) is 1. The van der Waals surface area contributed by atoms with Gasteiger partial charge in [-0.1, -0.05) is 41.9 Å². The normalized spacial score (nSPS) is 10.8. The SMILES string of the molecule is O=C(O)/C=C/c1ccccc1COc1cccc(Cl)c1F. The van der Waals surface area contributed by atoms with Gasteiger partial charge in [-0.05, 0) is 29.3 Å². The number of hydrogen-bond acceptors (Lipinski definition) is 2. The lowest BCUT2D eigenvalue weighted by atomic mass is 10.1. The molecule has 2 aromatic carbocycles. The van der Waals surface area contributed by atoms with Crippen molar-refractivity contribution < 1.29 is 19.0 Å². The maximum Gasteiger partial charge on any atom is 0.328 e. The van der Waals surface area contributed by atoms with Crippen molar-refractivity contribution in [3.8, 4) is 5.75 Å². The summed E-state index contributed by atoms with van der Waals surface area (Å²) in [6, 6.07) is 11.6. The zero-order chi connectivity index (χ0) is 15.2. The van der Waals surface area contributed by atoms with E-state index in [2.05, 4.69) is 0 Å². The highest BCUT2D eigenvalue weighted by Gasteiger charge is 2.08. The van der Waals surface area contributed by atoms with Crippen molar-refractivity contribution in [1.29, 1.82) is 0 Å². The summed E-state index contributed by atoms with van der Waals surface area (Å²) in [5.41, 5.74) is 1.44. The van der Waals surface area contributed by atoms with Crippen LogP contribution >= 0.6 is 11.6 Å². The van der Waals surface area contributed by atoms with Gasteiger partial charge in [-0.3, -0.25) is 0 Å². The van der Waals surface area contributed by atoms with Gasteiger partial charge in [0.05, 0.1) is 5.02 Å². The molecule has 0 heterocycles. The van der Waals surface area contributed by atoms with Crippen LogP contribution in [0.15, 0.2) is 48.5 Å². The van der Waals surface area contributed by atoms with Crippen molar-refractivity contribution in [2.75, 3.05) is 0 Å². The Kier molecular flexibility index (Phi) is 4.95. The molecule has 3 nitrogen and oxygen atoms in total. The van der Waals surface area contributed by atoms with Crippen molar-refractivity contribution in [3.63, 3.8) is 0 Å². The van der Waals surface area contributed by atoms with Crippen molar-refractivity contribution in [3.05, 3.63) is 70.5 Å². The predicted octanol–water partition coefficient (Wildman–Crippen LogP) is 4.16. The number of ether oxygens (including phenoxy) is 1. The Hall–Kier alpha value is -2.33. The molecule has 0 aliphatic heterocycles. The summed E-state index contributed by atoms with van der Waals surface area (Å²) in [6.45, 7) is 0.109. The van der Waals surface area contributed by atoms with Gasteiger partial charge in [0.2, 0.25) is 0 Å². The number of hydrogen-bond donors (Lipinski definition) is 1. The van der Waals surface area contributed by atoms with Gasteiger partial charge in [0.25, 0.3) is 0 Å². The molecular weight excluding hydrogens is 295 g/mol. The van der Waals surface area contributed by atoms with E-state index in [1.54, 1.807) is 30.3 Å². The predicted molar refractivity (Wildman–Crippen MR) is 78.9 cm³/mol. The first-order valence-electron chi connectivity index (χ1n) is 6.13. The minimum absolute atomic E-state index is 0.00782. The maximum atomic E-state index is 13.7. The summed E-state index contributed by atoms with van der Waals surface area (Å²) in [6.07, 6.45) is 2.51. The van der Waals surface area contributed by atoms with Crippen LogP contribution in [0.1, 0.15) is 11.1 Å². The summed E-state index contributed by atoms with van der Waals surface area (Å²) in [4.78, 5) is 10.6. The second kappa shape index (κ2) is 6.90. The van der Waals surface area contributed by atoms with Crippen LogP contribution in [0.5, 0.6) is 5.75 Å². The van der Waals surface area contributed by atoms with Gasteiger partial charge in [-0.2, -0.15) is 0 Å². The van der Waals surface area contributed by atoms with Gasteiger partial charge in [0, 0.05) is 6.08 Å². The first kappa shape index (κ1) is 15.1. The van der Waals surface area contributed by atoms with Gasteiger partial charge in [-0.25, -0.2) is 9.18 Å². The van der Waals surface area contributed by atoms with E-state index in [0.717, 1.165) is 11.6 Å². The van der Waals surface area contributed by atoms with E-state index >= 15 is 0 Å². The molecule has 0 aliphatic carbocycles. The fourth-order valence-corrected chi connectivity index (χ4v) is 1.91. The van der Waals surface area contributed by atoms with E-state index in [1.165, 1.54) is 18.2 Å². The molecule has 0 unspecified atom stereocenters. The van der Waals surface area contributed by atoms with Crippen LogP contribution in [0.3, 0.4) is 0 Å². The molecule has 0 saturated carbocycles. The molecule has 0 fully saturated rings. The number of aliphatic carboxylic acids is 1. The molecule has 0 spiro atoms. The van der Waals surface area contributed by atoms with Crippen molar-refractivity contribution in [1.82, 2.24) is 0 Å². The fourth-order valence-electron chi connectivity index (χ4n) is 1.74. The summed E-state index contributed by atoms with van der Waals surface area (Å²) < 4.78 is 19.1. The minimum atomic E-state index is -1.04. The second-order valence-corrected chi connectivity index (χ2v) is 4.62. The third kappa shape index (κ3) is 4.07. The second-order valence-electron chi connectivity index (χ2n) is 4.21. The summed E-state index contributed by atoms with van der Waals surface area (Å²) in [5.74, 6) is -1.59. The average Bonchev–Trinajstić information content (AvgIpc) is 2.47. The number of carboxylic acids is 1. The molecule has 0 atom stereocenters. The summed E-state index contributed by atoms with van der Waals surface area (Å²) in [5, 5.41) is 8.65. The highest BCUT2D eigenvalue weighted by molar-refractivity contribution is 6.30. The number of carbonyl (C=O) groups is 1. The van der Waals surface area contributed by atoms with Crippen molar-refractivity contribution >= 4 is 23.6 Å². The summed E-state index contributed by atoms with van der Waals surface area (Å²) in [7, 11) is 0. The van der Waals surface area contributed by atoms with E-state index in [0.29, 0.717) is 5.56 Å². The van der Waals surface area contributed by atoms with Gasteiger partial charge >= 0.3 is 5.97 Å². The quantitative estimate of drug-likeness (QED) is 0.844. The first-order chi connectivity index (χ1) is 10.1. The average molecular weight is 307 g/mol. The lowest BCUT2D eigenvalue weighted by Gasteiger charge is -2.10. The first-order valence-corrected chi connectivity index (χ1v) is 6.51. The molecule has 0 saturated heterocycles. The monoisotopic (exact) mass is 306 g/mol. The Morgan fingerprint density at radius 2 is 2.00 bits per heavy atom. The third-order valence-electron chi connectivity index (χ3n) is 2.76. The minimum Gasteiger partial charge on any atom is -0.486 e. The maximum absolute atomic E-state index is 13.7. The molecule has 2 rings (SSSR count). The van der Waals surface area contributed by atoms with Crippen molar-refractivity contribution in [2.24, 2.45) is 0 Å². The third-order valence-corrected chi connectivity index (χ3v) is 3.05. The Bertz CT molecular complexity index is 683. The molecule has 0 aliphatic rings. The number of benzene rings is 2. The molecule has 0 radical (unpaired) electrons. The van der Waals surface area contributed by atoms with Gasteiger partial charge < -0.3 is 9.84 Å². The molecule has 2 aromatic rings. The van der Waals surface area contributed by atoms with Crippen LogP contribution in [0.2, 0.25) is 5.02 Å². The fraction of sp³-hybridized carbons (Fsp3) is 0.0625. The van der Waals surface area contributed by atoms with Gasteiger partial charge in [0.15, 0.2) is 11.6 Å². The highest BCUT2D eigenvalue weighted by Crippen LogP contribution is 2.25. The largest absolute Gasteiger partial charge is 0.486 e. The number of rotatable bonds is 5. The van der Waals surface area contributed by atoms with Crippen molar-refractivity contribution in [2.45, 2.75) is 6.61 Å². The molecule has 1 N–H and O–H groups in total. The van der Waals surface area contributed by atoms with Crippen LogP contribution < -0.4 is 4.74 Å². The molecule has 0 amide bonds. The molecular formula is C16H12ClFO3. The molecule has 21 heavy (non-hydrogen) atoms. The Balaban J connectivity index is 2.17. The lowest BCUT2D eigenvalue weighted by molar-refractivity contribution is -0.131. The van der Waals surface area contributed by atoms with E-state index in [4.69, 9.17) is 21.4 Å². The van der Waals surface area contributed by atoms with Gasteiger partial charge in [0.1, 0.15) is 6.61 Å². The Morgan fingerprint density at radius 3 is 2.76 bits per heavy atom. The van der Waals surface area contributed by atoms with E-state index < -0.39 is 11.8 Å². The highest BCUT2D eigenvalue weighted by atomic mass is 35.5. The molecule has 0 bridgehead atoms. The van der Waals surface area contributed by atoms with Crippen LogP contribution in [0, 0.1) is 5.82 Å². The summed E-state index contributed by atoms with van der Waals surface area (Å²) >= 11 is 5.68. The standard InChI is InChI=1S/C16H12ClFO3/c17-13-6-3-7-14(16(13)18)21-10-12-5-2-1-4-11(12)8-9-15(19)20/h1-9H,10H2,(H,19,20)/b9-8+. The smallest absolute Gasteiger partial charge is 0.328 e. The zero-order valence-electron chi connectivity index (χ0n) is 10.9.